The van der Waals surface area contributed by atoms with Crippen molar-refractivity contribution >= 4 is 23.7 Å². The topological polar surface area (TPSA) is 96.0 Å². The van der Waals surface area contributed by atoms with Gasteiger partial charge in [0.25, 0.3) is 5.91 Å². The lowest BCUT2D eigenvalue weighted by atomic mass is 9.96. The molecule has 2 unspecified atom stereocenters. The number of carbonyl (C=O) groups excluding carboxylic acids is 4. The van der Waals surface area contributed by atoms with E-state index in [2.05, 4.69) is 5.32 Å². The Hall–Kier alpha value is -3.68. The van der Waals surface area contributed by atoms with Gasteiger partial charge in [-0.15, -0.1) is 0 Å². The van der Waals surface area contributed by atoms with Crippen LogP contribution in [0.2, 0.25) is 0 Å². The monoisotopic (exact) mass is 421 g/mol. The number of rotatable bonds is 5. The molecule has 160 valence electrons. The van der Waals surface area contributed by atoms with E-state index in [1.807, 2.05) is 49.4 Å². The van der Waals surface area contributed by atoms with Crippen LogP contribution in [0.25, 0.3) is 0 Å². The van der Waals surface area contributed by atoms with Gasteiger partial charge in [-0.2, -0.15) is 0 Å². The Morgan fingerprint density at radius 2 is 1.74 bits per heavy atom. The molecule has 0 aromatic heterocycles. The van der Waals surface area contributed by atoms with Crippen molar-refractivity contribution in [3.63, 3.8) is 0 Å². The third kappa shape index (κ3) is 3.88. The molecule has 0 spiro atoms. The predicted molar refractivity (Wildman–Crippen MR) is 110 cm³/mol. The van der Waals surface area contributed by atoms with E-state index >= 15 is 0 Å². The van der Waals surface area contributed by atoms with Crippen molar-refractivity contribution in [1.82, 2.24) is 15.1 Å². The lowest BCUT2D eigenvalue weighted by Crippen LogP contribution is -2.71. The standard InChI is InChI=1S/C23H23N3O5/c1-14-8-10-17(11-9-14)20(28)24-19-18-12-25(15(2)27)21(26(18)22(19)29)23(30)31-13-16-6-4-3-5-7-16/h3-11,18-19,21H,12-13H2,1-2H3,(H,24,28)/t18?,19-,21?/m0/s1. The molecule has 2 aliphatic heterocycles. The summed E-state index contributed by atoms with van der Waals surface area (Å²) in [6.45, 7) is 3.46. The van der Waals surface area contributed by atoms with Crippen LogP contribution in [-0.2, 0) is 25.7 Å². The van der Waals surface area contributed by atoms with E-state index in [1.54, 1.807) is 12.1 Å². The largest absolute Gasteiger partial charge is 0.458 e. The van der Waals surface area contributed by atoms with Gasteiger partial charge in [-0.25, -0.2) is 4.79 Å². The van der Waals surface area contributed by atoms with Crippen molar-refractivity contribution in [2.45, 2.75) is 38.7 Å². The molecule has 0 saturated carbocycles. The van der Waals surface area contributed by atoms with E-state index in [-0.39, 0.29) is 25.0 Å². The van der Waals surface area contributed by atoms with Crippen LogP contribution in [0.4, 0.5) is 0 Å². The molecule has 0 radical (unpaired) electrons. The van der Waals surface area contributed by atoms with Crippen LogP contribution in [0.1, 0.15) is 28.4 Å². The van der Waals surface area contributed by atoms with Crippen LogP contribution < -0.4 is 5.32 Å². The average molecular weight is 421 g/mol. The zero-order valence-corrected chi connectivity index (χ0v) is 17.3. The first-order chi connectivity index (χ1) is 14.9. The normalized spacial score (nSPS) is 21.9. The molecule has 8 nitrogen and oxygen atoms in total. The summed E-state index contributed by atoms with van der Waals surface area (Å²) in [5.74, 6) is -1.79. The number of aryl methyl sites for hydroxylation is 1. The Morgan fingerprint density at radius 3 is 2.39 bits per heavy atom. The Labute approximate surface area is 179 Å². The first kappa shape index (κ1) is 20.6. The smallest absolute Gasteiger partial charge is 0.350 e. The zero-order valence-electron chi connectivity index (χ0n) is 17.3. The van der Waals surface area contributed by atoms with Gasteiger partial charge in [0.2, 0.25) is 18.0 Å². The maximum Gasteiger partial charge on any atom is 0.350 e. The molecule has 8 heteroatoms. The summed E-state index contributed by atoms with van der Waals surface area (Å²) in [6, 6.07) is 14.9. The second kappa shape index (κ2) is 8.22. The van der Waals surface area contributed by atoms with Crippen molar-refractivity contribution in [3.8, 4) is 0 Å². The van der Waals surface area contributed by atoms with Crippen LogP contribution in [-0.4, -0.2) is 58.3 Å². The van der Waals surface area contributed by atoms with Gasteiger partial charge in [-0.3, -0.25) is 14.4 Å². The third-order valence-electron chi connectivity index (χ3n) is 5.64. The van der Waals surface area contributed by atoms with E-state index in [9.17, 15) is 19.2 Å². The average Bonchev–Trinajstić information content (AvgIpc) is 3.13. The number of β-lactam (4-membered cyclic amide) rings is 1. The second-order valence-corrected chi connectivity index (χ2v) is 7.77. The Morgan fingerprint density at radius 1 is 1.06 bits per heavy atom. The molecular weight excluding hydrogens is 398 g/mol. The lowest BCUT2D eigenvalue weighted by molar-refractivity contribution is -0.169. The number of nitrogens with zero attached hydrogens (tertiary/aromatic N) is 2. The Kier molecular flexibility index (Phi) is 5.46. The highest BCUT2D eigenvalue weighted by molar-refractivity contribution is 6.02. The molecular formula is C23H23N3O5. The minimum atomic E-state index is -1.12. The molecule has 31 heavy (non-hydrogen) atoms. The number of benzene rings is 2. The maximum absolute atomic E-state index is 12.8. The fourth-order valence-electron chi connectivity index (χ4n) is 3.95. The summed E-state index contributed by atoms with van der Waals surface area (Å²) in [5.41, 5.74) is 2.27. The molecule has 4 rings (SSSR count). The first-order valence-electron chi connectivity index (χ1n) is 10.0. The summed E-state index contributed by atoms with van der Waals surface area (Å²) in [4.78, 5) is 52.8. The molecule has 2 aromatic carbocycles. The molecule has 0 bridgehead atoms. The number of fused-ring (bicyclic) bond motifs is 1. The van der Waals surface area contributed by atoms with Gasteiger partial charge in [0.1, 0.15) is 12.6 Å². The van der Waals surface area contributed by atoms with Gasteiger partial charge in [0, 0.05) is 19.0 Å². The van der Waals surface area contributed by atoms with Gasteiger partial charge < -0.3 is 19.9 Å². The molecule has 3 amide bonds. The summed E-state index contributed by atoms with van der Waals surface area (Å²) < 4.78 is 5.38. The van der Waals surface area contributed by atoms with Crippen LogP contribution in [0, 0.1) is 6.92 Å². The molecule has 0 aliphatic carbocycles. The number of hydrogen-bond donors (Lipinski definition) is 1. The molecule has 3 atom stereocenters. The highest BCUT2D eigenvalue weighted by Crippen LogP contribution is 2.33. The second-order valence-electron chi connectivity index (χ2n) is 7.77. The van der Waals surface area contributed by atoms with E-state index in [4.69, 9.17) is 4.74 Å². The number of carbonyl (C=O) groups is 4. The van der Waals surface area contributed by atoms with Crippen LogP contribution >= 0.6 is 0 Å². The van der Waals surface area contributed by atoms with Crippen molar-refractivity contribution in [3.05, 3.63) is 71.3 Å². The van der Waals surface area contributed by atoms with E-state index in [1.165, 1.54) is 16.7 Å². The van der Waals surface area contributed by atoms with Gasteiger partial charge in [-0.1, -0.05) is 48.0 Å². The Balaban J connectivity index is 1.45. The van der Waals surface area contributed by atoms with E-state index in [0.717, 1.165) is 11.1 Å². The predicted octanol–water partition coefficient (Wildman–Crippen LogP) is 1.24. The van der Waals surface area contributed by atoms with Crippen molar-refractivity contribution in [2.75, 3.05) is 6.54 Å². The van der Waals surface area contributed by atoms with Crippen LogP contribution in [0.5, 0.6) is 0 Å². The third-order valence-corrected chi connectivity index (χ3v) is 5.64. The lowest BCUT2D eigenvalue weighted by Gasteiger charge is -2.43. The van der Waals surface area contributed by atoms with E-state index < -0.39 is 30.1 Å². The van der Waals surface area contributed by atoms with Crippen molar-refractivity contribution in [1.29, 1.82) is 0 Å². The van der Waals surface area contributed by atoms with Crippen LogP contribution in [0.15, 0.2) is 54.6 Å². The summed E-state index contributed by atoms with van der Waals surface area (Å²) in [7, 11) is 0. The van der Waals surface area contributed by atoms with Crippen molar-refractivity contribution in [2.24, 2.45) is 0 Å². The SMILES string of the molecule is CC(=O)N1CC2[C@H](NC(=O)c3ccc(C)cc3)C(=O)N2C1C(=O)OCc1ccccc1. The minimum absolute atomic E-state index is 0.0439. The fraction of sp³-hybridized carbons (Fsp3) is 0.304. The van der Waals surface area contributed by atoms with Crippen LogP contribution in [0.3, 0.4) is 0 Å². The molecule has 2 fully saturated rings. The zero-order chi connectivity index (χ0) is 22.1. The van der Waals surface area contributed by atoms with Gasteiger partial charge in [0.15, 0.2) is 0 Å². The minimum Gasteiger partial charge on any atom is -0.458 e. The number of hydrogen-bond acceptors (Lipinski definition) is 5. The maximum atomic E-state index is 12.8. The van der Waals surface area contributed by atoms with Crippen molar-refractivity contribution < 1.29 is 23.9 Å². The van der Waals surface area contributed by atoms with Gasteiger partial charge in [0.05, 0.1) is 6.04 Å². The number of amides is 3. The van der Waals surface area contributed by atoms with Gasteiger partial charge >= 0.3 is 5.97 Å². The highest BCUT2D eigenvalue weighted by Gasteiger charge is 2.60. The summed E-state index contributed by atoms with van der Waals surface area (Å²) in [5, 5.41) is 2.73. The number of esters is 1. The summed E-state index contributed by atoms with van der Waals surface area (Å²) >= 11 is 0. The molecule has 2 saturated heterocycles. The summed E-state index contributed by atoms with van der Waals surface area (Å²) in [6.07, 6.45) is -1.12. The highest BCUT2D eigenvalue weighted by atomic mass is 16.5. The molecule has 2 aliphatic rings. The fourth-order valence-corrected chi connectivity index (χ4v) is 3.95. The number of ether oxygens (including phenoxy) is 1. The van der Waals surface area contributed by atoms with Gasteiger partial charge in [-0.05, 0) is 24.6 Å². The van der Waals surface area contributed by atoms with E-state index in [0.29, 0.717) is 5.56 Å². The first-order valence-corrected chi connectivity index (χ1v) is 10.0. The Bertz CT molecular complexity index is 1020. The molecule has 2 heterocycles. The molecule has 1 N–H and O–H groups in total. The quantitative estimate of drug-likeness (QED) is 0.579. The number of nitrogens with one attached hydrogen (secondary N) is 1. The molecule has 2 aromatic rings.